The molecule has 0 aliphatic heterocycles. The van der Waals surface area contributed by atoms with Gasteiger partial charge in [0.05, 0.1) is 0 Å². The number of carbonyl (C=O) groups excluding carboxylic acids is 3. The van der Waals surface area contributed by atoms with Crippen molar-refractivity contribution in [1.82, 2.24) is 10.6 Å². The van der Waals surface area contributed by atoms with Crippen molar-refractivity contribution in [3.8, 4) is 0 Å². The van der Waals surface area contributed by atoms with Crippen molar-refractivity contribution < 1.29 is 14.4 Å². The van der Waals surface area contributed by atoms with Gasteiger partial charge in [-0.2, -0.15) is 0 Å². The molecule has 5 nitrogen and oxygen atoms in total. The summed E-state index contributed by atoms with van der Waals surface area (Å²) in [6.07, 6.45) is 4.81. The third-order valence-electron chi connectivity index (χ3n) is 5.09. The van der Waals surface area contributed by atoms with Crippen molar-refractivity contribution in [1.29, 1.82) is 0 Å². The molecule has 0 unspecified atom stereocenters. The highest BCUT2D eigenvalue weighted by atomic mass is 35.5. The van der Waals surface area contributed by atoms with Gasteiger partial charge >= 0.3 is 0 Å². The van der Waals surface area contributed by atoms with E-state index in [1.165, 1.54) is 24.0 Å². The second kappa shape index (κ2) is 10.2. The molecular weight excluding hydrogens is 388 g/mol. The SMILES string of the molecule is O=C(CCC(=O)c1ccc2c(c1)CCCC2)NCCNC(=O)c1ccc(Cl)cc1. The minimum absolute atomic E-state index is 0.00966. The average Bonchev–Trinajstić information content (AvgIpc) is 2.75. The summed E-state index contributed by atoms with van der Waals surface area (Å²) in [5, 5.41) is 6.03. The summed E-state index contributed by atoms with van der Waals surface area (Å²) in [6.45, 7) is 0.622. The van der Waals surface area contributed by atoms with Crippen LogP contribution in [0.2, 0.25) is 5.02 Å². The number of hydrogen-bond donors (Lipinski definition) is 2. The van der Waals surface area contributed by atoms with Crippen LogP contribution in [0.25, 0.3) is 0 Å². The number of aryl methyl sites for hydroxylation is 2. The number of halogens is 1. The minimum Gasteiger partial charge on any atom is -0.354 e. The van der Waals surface area contributed by atoms with E-state index in [9.17, 15) is 14.4 Å². The van der Waals surface area contributed by atoms with E-state index in [1.807, 2.05) is 18.2 Å². The van der Waals surface area contributed by atoms with Crippen molar-refractivity contribution in [2.75, 3.05) is 13.1 Å². The molecular formula is C23H25ClN2O3. The van der Waals surface area contributed by atoms with Crippen molar-refractivity contribution in [3.05, 3.63) is 69.7 Å². The molecule has 2 aromatic carbocycles. The predicted molar refractivity (Wildman–Crippen MR) is 113 cm³/mol. The molecule has 2 N–H and O–H groups in total. The van der Waals surface area contributed by atoms with Crippen LogP contribution in [0.4, 0.5) is 0 Å². The first kappa shape index (κ1) is 21.1. The Morgan fingerprint density at radius 1 is 0.793 bits per heavy atom. The lowest BCUT2D eigenvalue weighted by Crippen LogP contribution is -2.34. The van der Waals surface area contributed by atoms with Gasteiger partial charge in [-0.25, -0.2) is 0 Å². The van der Waals surface area contributed by atoms with E-state index < -0.39 is 0 Å². The molecule has 0 heterocycles. The fraction of sp³-hybridized carbons (Fsp3) is 0.348. The molecule has 0 radical (unpaired) electrons. The van der Waals surface area contributed by atoms with Crippen LogP contribution in [0.15, 0.2) is 42.5 Å². The monoisotopic (exact) mass is 412 g/mol. The molecule has 0 spiro atoms. The lowest BCUT2D eigenvalue weighted by atomic mass is 9.89. The summed E-state index contributed by atoms with van der Waals surface area (Å²) in [4.78, 5) is 36.3. The summed E-state index contributed by atoms with van der Waals surface area (Å²) in [5.41, 5.74) is 3.80. The Morgan fingerprint density at radius 3 is 2.21 bits per heavy atom. The van der Waals surface area contributed by atoms with Crippen molar-refractivity contribution in [2.24, 2.45) is 0 Å². The highest BCUT2D eigenvalue weighted by molar-refractivity contribution is 6.30. The Balaban J connectivity index is 1.36. The lowest BCUT2D eigenvalue weighted by molar-refractivity contribution is -0.121. The molecule has 0 atom stereocenters. The maximum absolute atomic E-state index is 12.4. The molecule has 3 rings (SSSR count). The standard InChI is InChI=1S/C23H25ClN2O3/c24-20-9-7-17(8-10-20)23(29)26-14-13-25-22(28)12-11-21(27)19-6-5-16-3-1-2-4-18(16)15-19/h5-10,15H,1-4,11-14H2,(H,25,28)(H,26,29). The van der Waals surface area contributed by atoms with Gasteiger partial charge in [-0.05, 0) is 67.1 Å². The Hall–Kier alpha value is -2.66. The van der Waals surface area contributed by atoms with Crippen molar-refractivity contribution in [3.63, 3.8) is 0 Å². The third-order valence-corrected chi connectivity index (χ3v) is 5.34. The third kappa shape index (κ3) is 6.16. The molecule has 0 saturated heterocycles. The number of nitrogens with one attached hydrogen (secondary N) is 2. The lowest BCUT2D eigenvalue weighted by Gasteiger charge is -2.16. The van der Waals surface area contributed by atoms with Gasteiger partial charge in [0.2, 0.25) is 5.91 Å². The zero-order chi connectivity index (χ0) is 20.6. The molecule has 2 amide bonds. The molecule has 0 aromatic heterocycles. The van der Waals surface area contributed by atoms with Crippen LogP contribution in [-0.4, -0.2) is 30.7 Å². The van der Waals surface area contributed by atoms with E-state index in [0.29, 0.717) is 29.2 Å². The molecule has 0 saturated carbocycles. The largest absolute Gasteiger partial charge is 0.354 e. The first-order valence-corrected chi connectivity index (χ1v) is 10.4. The summed E-state index contributed by atoms with van der Waals surface area (Å²) in [7, 11) is 0. The van der Waals surface area contributed by atoms with Crippen LogP contribution in [0.1, 0.15) is 57.5 Å². The van der Waals surface area contributed by atoms with Gasteiger partial charge in [-0.1, -0.05) is 23.7 Å². The number of fused-ring (bicyclic) bond motifs is 1. The van der Waals surface area contributed by atoms with E-state index >= 15 is 0 Å². The molecule has 152 valence electrons. The number of carbonyl (C=O) groups is 3. The van der Waals surface area contributed by atoms with E-state index in [1.54, 1.807) is 24.3 Å². The molecule has 2 aromatic rings. The summed E-state index contributed by atoms with van der Waals surface area (Å²) in [6, 6.07) is 12.5. The molecule has 0 bridgehead atoms. The molecule has 1 aliphatic rings. The Labute approximate surface area is 175 Å². The van der Waals surface area contributed by atoms with Gasteiger partial charge in [0.15, 0.2) is 5.78 Å². The van der Waals surface area contributed by atoms with Crippen LogP contribution in [-0.2, 0) is 17.6 Å². The van der Waals surface area contributed by atoms with Crippen LogP contribution in [0.3, 0.4) is 0 Å². The van der Waals surface area contributed by atoms with Crippen molar-refractivity contribution >= 4 is 29.2 Å². The van der Waals surface area contributed by atoms with Gasteiger partial charge in [-0.3, -0.25) is 14.4 Å². The first-order chi connectivity index (χ1) is 14.0. The highest BCUT2D eigenvalue weighted by Crippen LogP contribution is 2.22. The molecule has 0 fully saturated rings. The fourth-order valence-corrected chi connectivity index (χ4v) is 3.57. The predicted octanol–water partition coefficient (Wildman–Crippen LogP) is 3.73. The van der Waals surface area contributed by atoms with Crippen molar-refractivity contribution in [2.45, 2.75) is 38.5 Å². The summed E-state index contributed by atoms with van der Waals surface area (Å²) in [5.74, 6) is -0.430. The molecule has 6 heteroatoms. The maximum atomic E-state index is 12.4. The Kier molecular flexibility index (Phi) is 7.42. The normalized spacial score (nSPS) is 12.7. The zero-order valence-electron chi connectivity index (χ0n) is 16.3. The van der Waals surface area contributed by atoms with Gasteiger partial charge in [-0.15, -0.1) is 0 Å². The Bertz CT molecular complexity index is 893. The quantitative estimate of drug-likeness (QED) is 0.512. The number of Topliss-reactive ketones (excluding diaryl/α,β-unsaturated/α-hetero) is 1. The minimum atomic E-state index is -0.224. The molecule has 1 aliphatic carbocycles. The van der Waals surface area contributed by atoms with Crippen LogP contribution in [0, 0.1) is 0 Å². The van der Waals surface area contributed by atoms with E-state index in [2.05, 4.69) is 10.6 Å². The summed E-state index contributed by atoms with van der Waals surface area (Å²) >= 11 is 5.80. The summed E-state index contributed by atoms with van der Waals surface area (Å²) < 4.78 is 0. The second-order valence-corrected chi connectivity index (χ2v) is 7.66. The van der Waals surface area contributed by atoms with Crippen LogP contribution < -0.4 is 10.6 Å². The van der Waals surface area contributed by atoms with Gasteiger partial charge in [0, 0.05) is 42.1 Å². The van der Waals surface area contributed by atoms with E-state index in [-0.39, 0.29) is 30.4 Å². The highest BCUT2D eigenvalue weighted by Gasteiger charge is 2.14. The maximum Gasteiger partial charge on any atom is 0.251 e. The second-order valence-electron chi connectivity index (χ2n) is 7.23. The van der Waals surface area contributed by atoms with Gasteiger partial charge in [0.25, 0.3) is 5.91 Å². The number of rotatable bonds is 8. The zero-order valence-corrected chi connectivity index (χ0v) is 17.1. The van der Waals surface area contributed by atoms with Crippen LogP contribution >= 0.6 is 11.6 Å². The molecule has 29 heavy (non-hydrogen) atoms. The topological polar surface area (TPSA) is 75.3 Å². The first-order valence-electron chi connectivity index (χ1n) is 9.98. The van der Waals surface area contributed by atoms with Gasteiger partial charge < -0.3 is 10.6 Å². The Morgan fingerprint density at radius 2 is 1.45 bits per heavy atom. The average molecular weight is 413 g/mol. The number of ketones is 1. The fourth-order valence-electron chi connectivity index (χ4n) is 3.45. The van der Waals surface area contributed by atoms with Gasteiger partial charge in [0.1, 0.15) is 0 Å². The number of benzene rings is 2. The van der Waals surface area contributed by atoms with E-state index in [4.69, 9.17) is 11.6 Å². The smallest absolute Gasteiger partial charge is 0.251 e. The van der Waals surface area contributed by atoms with E-state index in [0.717, 1.165) is 12.8 Å². The van der Waals surface area contributed by atoms with Crippen LogP contribution in [0.5, 0.6) is 0 Å². The number of hydrogen-bond acceptors (Lipinski definition) is 3. The number of amides is 2.